The van der Waals surface area contributed by atoms with E-state index in [4.69, 9.17) is 23.8 Å². The van der Waals surface area contributed by atoms with Crippen molar-refractivity contribution in [3.8, 4) is 0 Å². The average molecular weight is 394 g/mol. The van der Waals surface area contributed by atoms with Crippen LogP contribution in [0.25, 0.3) is 0 Å². The Kier molecular flexibility index (Phi) is 6.70. The van der Waals surface area contributed by atoms with Gasteiger partial charge >= 0.3 is 0 Å². The summed E-state index contributed by atoms with van der Waals surface area (Å²) < 4.78 is 0. The molecule has 0 aliphatic rings. The van der Waals surface area contributed by atoms with Crippen LogP contribution >= 0.6 is 23.8 Å². The zero-order chi connectivity index (χ0) is 19.1. The van der Waals surface area contributed by atoms with Gasteiger partial charge in [-0.25, -0.2) is 0 Å². The van der Waals surface area contributed by atoms with Gasteiger partial charge in [-0.2, -0.15) is 0 Å². The molecule has 0 unspecified atom stereocenters. The number of benzene rings is 2. The number of nitrogens with one attached hydrogen (secondary N) is 4. The van der Waals surface area contributed by atoms with E-state index in [1.165, 1.54) is 18.2 Å². The number of carbonyl (C=O) groups excluding carboxylic acids is 1. The number of hydrazine groups is 1. The van der Waals surface area contributed by atoms with Crippen molar-refractivity contribution in [3.63, 3.8) is 0 Å². The Morgan fingerprint density at radius 1 is 1.19 bits per heavy atom. The van der Waals surface area contributed by atoms with E-state index < -0.39 is 4.92 Å². The number of rotatable bonds is 5. The molecule has 0 heterocycles. The van der Waals surface area contributed by atoms with Crippen molar-refractivity contribution in [2.24, 2.45) is 0 Å². The molecule has 2 aromatic rings. The molecule has 2 aromatic carbocycles. The van der Waals surface area contributed by atoms with Crippen LogP contribution < -0.4 is 21.5 Å². The molecule has 0 aliphatic heterocycles. The van der Waals surface area contributed by atoms with Crippen LogP contribution in [0.2, 0.25) is 5.02 Å². The van der Waals surface area contributed by atoms with Crippen molar-refractivity contribution in [2.75, 3.05) is 17.2 Å². The SMILES string of the molecule is Cc1ccc(NCC(=O)NNC(=S)Nc2cc([N+](=O)[O-])ccc2Cl)cc1. The topological polar surface area (TPSA) is 108 Å². The molecular formula is C16H16ClN5O3S. The maximum absolute atomic E-state index is 11.8. The van der Waals surface area contributed by atoms with Gasteiger partial charge in [-0.3, -0.25) is 25.8 Å². The minimum absolute atomic E-state index is 0.0379. The molecular weight excluding hydrogens is 378 g/mol. The molecule has 2 rings (SSSR count). The second kappa shape index (κ2) is 8.97. The van der Waals surface area contributed by atoms with E-state index in [9.17, 15) is 14.9 Å². The summed E-state index contributed by atoms with van der Waals surface area (Å²) in [6.07, 6.45) is 0. The van der Waals surface area contributed by atoms with Crippen LogP contribution in [0.5, 0.6) is 0 Å². The summed E-state index contributed by atoms with van der Waals surface area (Å²) in [5.41, 5.74) is 6.97. The normalized spacial score (nSPS) is 9.92. The van der Waals surface area contributed by atoms with E-state index in [1.807, 2.05) is 31.2 Å². The lowest BCUT2D eigenvalue weighted by Gasteiger charge is -2.13. The first-order valence-electron chi connectivity index (χ1n) is 7.45. The Labute approximate surface area is 160 Å². The molecule has 0 atom stereocenters. The summed E-state index contributed by atoms with van der Waals surface area (Å²) in [6, 6.07) is 11.5. The third-order valence-electron chi connectivity index (χ3n) is 3.23. The molecule has 0 bridgehead atoms. The molecule has 0 spiro atoms. The summed E-state index contributed by atoms with van der Waals surface area (Å²) in [5.74, 6) is -0.347. The Bertz CT molecular complexity index is 829. The second-order valence-electron chi connectivity index (χ2n) is 5.27. The predicted octanol–water partition coefficient (Wildman–Crippen LogP) is 2.99. The lowest BCUT2D eigenvalue weighted by Crippen LogP contribution is -2.45. The zero-order valence-corrected chi connectivity index (χ0v) is 15.3. The largest absolute Gasteiger partial charge is 0.376 e. The number of nitro groups is 1. The van der Waals surface area contributed by atoms with Gasteiger partial charge in [-0.15, -0.1) is 0 Å². The van der Waals surface area contributed by atoms with E-state index in [2.05, 4.69) is 21.5 Å². The highest BCUT2D eigenvalue weighted by atomic mass is 35.5. The first-order valence-corrected chi connectivity index (χ1v) is 8.24. The fourth-order valence-electron chi connectivity index (χ4n) is 1.90. The van der Waals surface area contributed by atoms with Crippen LogP contribution in [0.15, 0.2) is 42.5 Å². The fraction of sp³-hybridized carbons (Fsp3) is 0.125. The number of nitrogens with zero attached hydrogens (tertiary/aromatic N) is 1. The van der Waals surface area contributed by atoms with Crippen LogP contribution in [-0.4, -0.2) is 22.5 Å². The van der Waals surface area contributed by atoms with Crippen LogP contribution in [0.4, 0.5) is 17.1 Å². The number of amides is 1. The number of aryl methyl sites for hydroxylation is 1. The molecule has 136 valence electrons. The average Bonchev–Trinajstić information content (AvgIpc) is 2.61. The molecule has 0 fully saturated rings. The number of non-ortho nitro benzene ring substituents is 1. The Morgan fingerprint density at radius 2 is 1.88 bits per heavy atom. The van der Waals surface area contributed by atoms with Crippen molar-refractivity contribution in [1.82, 2.24) is 10.9 Å². The number of thiocarbonyl (C=S) groups is 1. The fourth-order valence-corrected chi connectivity index (χ4v) is 2.23. The van der Waals surface area contributed by atoms with Gasteiger partial charge in [0.05, 0.1) is 22.2 Å². The summed E-state index contributed by atoms with van der Waals surface area (Å²) in [5, 5.41) is 16.7. The molecule has 0 aromatic heterocycles. The van der Waals surface area contributed by atoms with Gasteiger partial charge in [-0.1, -0.05) is 29.3 Å². The summed E-state index contributed by atoms with van der Waals surface area (Å²) in [7, 11) is 0. The van der Waals surface area contributed by atoms with Gasteiger partial charge in [0.2, 0.25) is 0 Å². The molecule has 1 amide bonds. The summed E-state index contributed by atoms with van der Waals surface area (Å²) in [4.78, 5) is 22.1. The smallest absolute Gasteiger partial charge is 0.271 e. The van der Waals surface area contributed by atoms with Crippen LogP contribution in [0.1, 0.15) is 5.56 Å². The minimum Gasteiger partial charge on any atom is -0.376 e. The van der Waals surface area contributed by atoms with E-state index >= 15 is 0 Å². The number of hydrogen-bond acceptors (Lipinski definition) is 5. The van der Waals surface area contributed by atoms with Crippen LogP contribution in [0, 0.1) is 17.0 Å². The first kappa shape index (κ1) is 19.4. The third-order valence-corrected chi connectivity index (χ3v) is 3.76. The molecule has 26 heavy (non-hydrogen) atoms. The lowest BCUT2D eigenvalue weighted by atomic mass is 10.2. The number of halogens is 1. The number of carbonyl (C=O) groups is 1. The Hall–Kier alpha value is -2.91. The molecule has 8 nitrogen and oxygen atoms in total. The van der Waals surface area contributed by atoms with Crippen molar-refractivity contribution in [2.45, 2.75) is 6.92 Å². The predicted molar refractivity (Wildman–Crippen MR) is 105 cm³/mol. The van der Waals surface area contributed by atoms with Gasteiger partial charge < -0.3 is 10.6 Å². The van der Waals surface area contributed by atoms with E-state index in [1.54, 1.807) is 0 Å². The first-order chi connectivity index (χ1) is 12.3. The molecule has 0 saturated heterocycles. The highest BCUT2D eigenvalue weighted by Crippen LogP contribution is 2.26. The molecule has 10 heteroatoms. The zero-order valence-electron chi connectivity index (χ0n) is 13.7. The summed E-state index contributed by atoms with van der Waals surface area (Å²) >= 11 is 11.0. The molecule has 0 radical (unpaired) electrons. The van der Waals surface area contributed by atoms with Crippen LogP contribution in [0.3, 0.4) is 0 Å². The maximum Gasteiger partial charge on any atom is 0.271 e. The van der Waals surface area contributed by atoms with Crippen molar-refractivity contribution in [1.29, 1.82) is 0 Å². The van der Waals surface area contributed by atoms with Gasteiger partial charge in [0.25, 0.3) is 11.6 Å². The van der Waals surface area contributed by atoms with Gasteiger partial charge in [0.1, 0.15) is 0 Å². The maximum atomic E-state index is 11.8. The van der Waals surface area contributed by atoms with Crippen LogP contribution in [-0.2, 0) is 4.79 Å². The van der Waals surface area contributed by atoms with Gasteiger partial charge in [0, 0.05) is 17.8 Å². The van der Waals surface area contributed by atoms with Gasteiger partial charge in [-0.05, 0) is 37.3 Å². The van der Waals surface area contributed by atoms with Crippen molar-refractivity contribution in [3.05, 3.63) is 63.2 Å². The molecule has 0 aliphatic carbocycles. The monoisotopic (exact) mass is 393 g/mol. The molecule has 4 N–H and O–H groups in total. The van der Waals surface area contributed by atoms with E-state index in [-0.39, 0.29) is 34.0 Å². The summed E-state index contributed by atoms with van der Waals surface area (Å²) in [6.45, 7) is 2.01. The number of nitro benzene ring substituents is 1. The number of anilines is 2. The third kappa shape index (κ3) is 5.87. The Morgan fingerprint density at radius 3 is 2.54 bits per heavy atom. The number of hydrogen-bond donors (Lipinski definition) is 4. The second-order valence-corrected chi connectivity index (χ2v) is 6.08. The molecule has 0 saturated carbocycles. The minimum atomic E-state index is -0.545. The highest BCUT2D eigenvalue weighted by Gasteiger charge is 2.11. The highest BCUT2D eigenvalue weighted by molar-refractivity contribution is 7.80. The standard InChI is InChI=1S/C16H16ClN5O3S/c1-10-2-4-11(5-3-10)18-9-15(23)20-21-16(26)19-14-8-12(22(24)25)6-7-13(14)17/h2-8,18H,9H2,1H3,(H,20,23)(H2,19,21,26). The van der Waals surface area contributed by atoms with E-state index in [0.29, 0.717) is 0 Å². The lowest BCUT2D eigenvalue weighted by molar-refractivity contribution is -0.384. The van der Waals surface area contributed by atoms with Gasteiger partial charge in [0.15, 0.2) is 5.11 Å². The van der Waals surface area contributed by atoms with Crippen molar-refractivity contribution < 1.29 is 9.72 Å². The Balaban J connectivity index is 1.81. The quantitative estimate of drug-likeness (QED) is 0.351. The van der Waals surface area contributed by atoms with Crippen molar-refractivity contribution >= 4 is 51.9 Å². The van der Waals surface area contributed by atoms with E-state index in [0.717, 1.165) is 11.3 Å².